The maximum Gasteiger partial charge on any atom is 0.263 e. The summed E-state index contributed by atoms with van der Waals surface area (Å²) >= 11 is 0. The summed E-state index contributed by atoms with van der Waals surface area (Å²) in [6.07, 6.45) is 0. The number of methoxy groups -OCH3 is 1. The molecule has 8 nitrogen and oxygen atoms in total. The predicted molar refractivity (Wildman–Crippen MR) is 96.6 cm³/mol. The van der Waals surface area contributed by atoms with Crippen LogP contribution in [0.15, 0.2) is 59.7 Å². The largest absolute Gasteiger partial charge is 0.496 e. The lowest BCUT2D eigenvalue weighted by Crippen LogP contribution is -2.25. The number of nitrogens with one attached hydrogen (secondary N) is 1. The van der Waals surface area contributed by atoms with Gasteiger partial charge in [-0.05, 0) is 24.3 Å². The van der Waals surface area contributed by atoms with Crippen LogP contribution in [0, 0.1) is 0 Å². The van der Waals surface area contributed by atoms with Gasteiger partial charge >= 0.3 is 0 Å². The first-order valence-electron chi connectivity index (χ1n) is 7.97. The number of carbonyl (C=O) groups excluding carboxylic acids is 1. The van der Waals surface area contributed by atoms with E-state index >= 15 is 0 Å². The minimum Gasteiger partial charge on any atom is -0.496 e. The summed E-state index contributed by atoms with van der Waals surface area (Å²) in [5, 5.41) is 16.2. The maximum atomic E-state index is 12.1. The van der Waals surface area contributed by atoms with Crippen molar-refractivity contribution in [2.24, 2.45) is 5.10 Å². The highest BCUT2D eigenvalue weighted by Gasteiger charge is 2.10. The van der Waals surface area contributed by atoms with Crippen LogP contribution in [-0.4, -0.2) is 38.9 Å². The van der Waals surface area contributed by atoms with Crippen LogP contribution in [0.2, 0.25) is 0 Å². The number of ether oxygens (including phenoxy) is 1. The molecule has 26 heavy (non-hydrogen) atoms. The average molecular weight is 350 g/mol. The minimum atomic E-state index is -0.351. The van der Waals surface area contributed by atoms with Gasteiger partial charge in [-0.1, -0.05) is 42.5 Å². The lowest BCUT2D eigenvalue weighted by molar-refractivity contribution is -0.122. The van der Waals surface area contributed by atoms with Gasteiger partial charge in [0.2, 0.25) is 5.82 Å². The summed E-state index contributed by atoms with van der Waals surface area (Å²) in [5.74, 6) is 0.803. The summed E-state index contributed by atoms with van der Waals surface area (Å²) in [6, 6.07) is 16.9. The van der Waals surface area contributed by atoms with E-state index in [1.54, 1.807) is 14.0 Å². The maximum absolute atomic E-state index is 12.1. The zero-order valence-corrected chi connectivity index (χ0v) is 14.5. The fraction of sp³-hybridized carbons (Fsp3) is 0.167. The smallest absolute Gasteiger partial charge is 0.263 e. The van der Waals surface area contributed by atoms with Gasteiger partial charge in [0, 0.05) is 11.1 Å². The topological polar surface area (TPSA) is 94.3 Å². The van der Waals surface area contributed by atoms with E-state index in [1.165, 1.54) is 4.80 Å². The number of carbonyl (C=O) groups is 1. The number of rotatable bonds is 6. The molecule has 1 amide bonds. The fourth-order valence-electron chi connectivity index (χ4n) is 2.33. The number of amides is 1. The molecule has 0 aliphatic carbocycles. The van der Waals surface area contributed by atoms with Gasteiger partial charge < -0.3 is 4.74 Å². The van der Waals surface area contributed by atoms with E-state index in [-0.39, 0.29) is 12.5 Å². The highest BCUT2D eigenvalue weighted by atomic mass is 16.5. The van der Waals surface area contributed by atoms with Crippen LogP contribution in [-0.2, 0) is 11.3 Å². The second-order valence-corrected chi connectivity index (χ2v) is 5.44. The highest BCUT2D eigenvalue weighted by Crippen LogP contribution is 2.17. The lowest BCUT2D eigenvalue weighted by Gasteiger charge is -2.07. The first kappa shape index (κ1) is 17.3. The molecule has 2 aromatic carbocycles. The normalized spacial score (nSPS) is 11.2. The molecule has 0 bridgehead atoms. The number of hydrogen-bond donors (Lipinski definition) is 1. The third-order valence-corrected chi connectivity index (χ3v) is 3.61. The molecule has 1 N–H and O–H groups in total. The van der Waals surface area contributed by atoms with E-state index in [1.807, 2.05) is 54.6 Å². The Morgan fingerprint density at radius 2 is 1.88 bits per heavy atom. The Labute approximate surface area is 150 Å². The molecule has 3 aromatic rings. The molecule has 0 saturated heterocycles. The van der Waals surface area contributed by atoms with Crippen molar-refractivity contribution in [2.75, 3.05) is 7.11 Å². The van der Waals surface area contributed by atoms with Crippen molar-refractivity contribution in [3.05, 3.63) is 60.2 Å². The van der Waals surface area contributed by atoms with Gasteiger partial charge in [0.1, 0.15) is 12.3 Å². The zero-order chi connectivity index (χ0) is 18.4. The van der Waals surface area contributed by atoms with E-state index in [2.05, 4.69) is 25.9 Å². The monoisotopic (exact) mass is 350 g/mol. The quantitative estimate of drug-likeness (QED) is 0.541. The second kappa shape index (κ2) is 8.02. The number of nitrogens with zero attached hydrogens (tertiary/aromatic N) is 5. The van der Waals surface area contributed by atoms with E-state index in [9.17, 15) is 4.79 Å². The van der Waals surface area contributed by atoms with Crippen LogP contribution in [0.5, 0.6) is 5.75 Å². The molecule has 0 saturated carbocycles. The molecule has 0 spiro atoms. The van der Waals surface area contributed by atoms with Gasteiger partial charge in [0.25, 0.3) is 5.91 Å². The Hall–Kier alpha value is -3.55. The predicted octanol–water partition coefficient (Wildman–Crippen LogP) is 1.89. The molecule has 0 unspecified atom stereocenters. The molecule has 132 valence electrons. The van der Waals surface area contributed by atoms with Gasteiger partial charge in [0.05, 0.1) is 12.8 Å². The van der Waals surface area contributed by atoms with Gasteiger partial charge in [-0.15, -0.1) is 10.2 Å². The van der Waals surface area contributed by atoms with E-state index < -0.39 is 0 Å². The van der Waals surface area contributed by atoms with Crippen molar-refractivity contribution >= 4 is 11.6 Å². The van der Waals surface area contributed by atoms with Gasteiger partial charge in [0.15, 0.2) is 0 Å². The van der Waals surface area contributed by atoms with Crippen molar-refractivity contribution < 1.29 is 9.53 Å². The summed E-state index contributed by atoms with van der Waals surface area (Å²) in [4.78, 5) is 13.3. The molecule has 8 heteroatoms. The number of hydrogen-bond acceptors (Lipinski definition) is 6. The van der Waals surface area contributed by atoms with Crippen LogP contribution < -0.4 is 10.2 Å². The van der Waals surface area contributed by atoms with E-state index in [4.69, 9.17) is 4.74 Å². The van der Waals surface area contributed by atoms with Gasteiger partial charge in [-0.25, -0.2) is 5.43 Å². The molecule has 0 atom stereocenters. The van der Waals surface area contributed by atoms with Crippen LogP contribution in [0.1, 0.15) is 12.5 Å². The number of para-hydroxylation sites is 1. The number of hydrazone groups is 1. The molecule has 1 aromatic heterocycles. The summed E-state index contributed by atoms with van der Waals surface area (Å²) < 4.78 is 5.29. The van der Waals surface area contributed by atoms with Gasteiger partial charge in [-0.3, -0.25) is 4.79 Å². The van der Waals surface area contributed by atoms with Crippen molar-refractivity contribution in [1.29, 1.82) is 0 Å². The van der Waals surface area contributed by atoms with Crippen molar-refractivity contribution in [2.45, 2.75) is 13.5 Å². The summed E-state index contributed by atoms with van der Waals surface area (Å²) in [6.45, 7) is 1.71. The second-order valence-electron chi connectivity index (χ2n) is 5.44. The molecule has 0 fully saturated rings. The third-order valence-electron chi connectivity index (χ3n) is 3.61. The van der Waals surface area contributed by atoms with Crippen LogP contribution in [0.4, 0.5) is 0 Å². The molecular weight excluding hydrogens is 332 g/mol. The van der Waals surface area contributed by atoms with E-state index in [0.717, 1.165) is 11.1 Å². The lowest BCUT2D eigenvalue weighted by atomic mass is 10.1. The molecule has 0 radical (unpaired) electrons. The molecular formula is C18H18N6O2. The SMILES string of the molecule is COc1ccccc1/C(C)=N\NC(=O)Cn1nnc(-c2ccccc2)n1. The van der Waals surface area contributed by atoms with Crippen LogP contribution >= 0.6 is 0 Å². The standard InChI is InChI=1S/C18H18N6O2/c1-13(15-10-6-7-11-16(15)26-2)19-20-17(25)12-24-22-18(21-23-24)14-8-4-3-5-9-14/h3-11H,12H2,1-2H3,(H,20,25)/b19-13-. The fourth-order valence-corrected chi connectivity index (χ4v) is 2.33. The first-order valence-corrected chi connectivity index (χ1v) is 7.97. The minimum absolute atomic E-state index is 0.0808. The molecule has 0 aliphatic heterocycles. The Morgan fingerprint density at radius 1 is 1.15 bits per heavy atom. The van der Waals surface area contributed by atoms with Crippen molar-refractivity contribution in [3.8, 4) is 17.1 Å². The van der Waals surface area contributed by atoms with Gasteiger partial charge in [-0.2, -0.15) is 9.90 Å². The third kappa shape index (κ3) is 4.10. The summed E-state index contributed by atoms with van der Waals surface area (Å²) in [5.41, 5.74) is 4.77. The van der Waals surface area contributed by atoms with Crippen LogP contribution in [0.3, 0.4) is 0 Å². The Balaban J connectivity index is 1.63. The van der Waals surface area contributed by atoms with Crippen molar-refractivity contribution in [3.63, 3.8) is 0 Å². The van der Waals surface area contributed by atoms with E-state index in [0.29, 0.717) is 17.3 Å². The molecule has 0 aliphatic rings. The number of aromatic nitrogens is 4. The Morgan fingerprint density at radius 3 is 2.65 bits per heavy atom. The first-order chi connectivity index (χ1) is 12.7. The Kier molecular flexibility index (Phi) is 5.33. The number of benzene rings is 2. The summed E-state index contributed by atoms with van der Waals surface area (Å²) in [7, 11) is 1.59. The van der Waals surface area contributed by atoms with Crippen LogP contribution in [0.25, 0.3) is 11.4 Å². The average Bonchev–Trinajstić information content (AvgIpc) is 3.15. The molecule has 3 rings (SSSR count). The zero-order valence-electron chi connectivity index (χ0n) is 14.5. The molecule has 1 heterocycles. The van der Waals surface area contributed by atoms with Crippen molar-refractivity contribution in [1.82, 2.24) is 25.6 Å². The highest BCUT2D eigenvalue weighted by molar-refractivity contribution is 6.01. The Bertz CT molecular complexity index is 920. The number of tetrazole rings is 1.